The van der Waals surface area contributed by atoms with Crippen LogP contribution in [0.1, 0.15) is 18.2 Å². The van der Waals surface area contributed by atoms with Crippen molar-refractivity contribution in [2.24, 2.45) is 10.1 Å². The molecule has 1 aromatic carbocycles. The van der Waals surface area contributed by atoms with E-state index in [1.54, 1.807) is 6.20 Å². The molecule has 0 saturated heterocycles. The normalized spacial score (nSPS) is 12.2. The Morgan fingerprint density at radius 2 is 1.90 bits per heavy atom. The molecule has 0 atom stereocenters. The second kappa shape index (κ2) is 7.58. The Morgan fingerprint density at radius 1 is 1.15 bits per heavy atom. The quantitative estimate of drug-likeness (QED) is 0.404. The van der Waals surface area contributed by atoms with Gasteiger partial charge in [-0.3, -0.25) is 0 Å². The molecule has 1 heterocycles. The Balaban J connectivity index is 1.93. The van der Waals surface area contributed by atoms with E-state index in [-0.39, 0.29) is 0 Å². The van der Waals surface area contributed by atoms with E-state index in [4.69, 9.17) is 0 Å². The van der Waals surface area contributed by atoms with Crippen molar-refractivity contribution in [3.8, 4) is 0 Å². The molecule has 20 heavy (non-hydrogen) atoms. The third-order valence-electron chi connectivity index (χ3n) is 2.60. The first-order valence-electron chi connectivity index (χ1n) is 6.23. The number of aliphatic imine (C=N–C) groups is 1. The fourth-order valence-corrected chi connectivity index (χ4v) is 1.78. The van der Waals surface area contributed by atoms with Crippen LogP contribution in [0.15, 0.2) is 64.8 Å². The number of hydrogen-bond donors (Lipinski definition) is 1. The van der Waals surface area contributed by atoms with Crippen molar-refractivity contribution < 1.29 is 0 Å². The van der Waals surface area contributed by atoms with Crippen LogP contribution in [0.4, 0.5) is 0 Å². The van der Waals surface area contributed by atoms with Gasteiger partial charge in [0, 0.05) is 0 Å². The van der Waals surface area contributed by atoms with Crippen molar-refractivity contribution in [2.75, 3.05) is 0 Å². The summed E-state index contributed by atoms with van der Waals surface area (Å²) in [7, 11) is 0. The Kier molecular flexibility index (Phi) is 5.47. The predicted octanol–water partition coefficient (Wildman–Crippen LogP) is 2.12. The molecule has 0 amide bonds. The van der Waals surface area contributed by atoms with Crippen molar-refractivity contribution in [1.82, 2.24) is 10.4 Å². The molecule has 5 heteroatoms. The van der Waals surface area contributed by atoms with Gasteiger partial charge in [-0.25, -0.2) is 0 Å². The number of nitrogens with one attached hydrogen (secondary N) is 1. The topological polar surface area (TPSA) is 49.6 Å². The molecule has 0 aliphatic heterocycles. The number of rotatable bonds is 4. The molecule has 0 aliphatic rings. The molecule has 1 N–H and O–H groups in total. The van der Waals surface area contributed by atoms with E-state index < -0.39 is 0 Å². The SMILES string of the molecule is CC(=NNC([Se])=NCc1ccccc1)c1ccccn1. The van der Waals surface area contributed by atoms with Crippen molar-refractivity contribution >= 4 is 26.5 Å². The van der Waals surface area contributed by atoms with Crippen molar-refractivity contribution in [2.45, 2.75) is 13.5 Å². The van der Waals surface area contributed by atoms with E-state index in [0.717, 1.165) is 17.0 Å². The monoisotopic (exact) mass is 331 g/mol. The summed E-state index contributed by atoms with van der Waals surface area (Å²) < 4.78 is 0.657. The second-order valence-corrected chi connectivity index (χ2v) is 4.94. The molecule has 0 saturated carbocycles. The Morgan fingerprint density at radius 3 is 2.60 bits per heavy atom. The molecule has 0 unspecified atom stereocenters. The first-order chi connectivity index (χ1) is 9.75. The molecule has 2 aromatic rings. The average Bonchev–Trinajstić information content (AvgIpc) is 2.52. The molecule has 0 aliphatic carbocycles. The van der Waals surface area contributed by atoms with Crippen LogP contribution in [0.3, 0.4) is 0 Å². The maximum absolute atomic E-state index is 4.38. The molecule has 2 rings (SSSR count). The Bertz CT molecular complexity index is 594. The third kappa shape index (κ3) is 4.61. The van der Waals surface area contributed by atoms with E-state index in [1.807, 2.05) is 55.5 Å². The van der Waals surface area contributed by atoms with Crippen molar-refractivity contribution in [1.29, 1.82) is 0 Å². The van der Waals surface area contributed by atoms with Crippen LogP contribution in [-0.2, 0) is 6.54 Å². The van der Waals surface area contributed by atoms with E-state index in [1.165, 1.54) is 0 Å². The van der Waals surface area contributed by atoms with Crippen LogP contribution >= 0.6 is 0 Å². The summed E-state index contributed by atoms with van der Waals surface area (Å²) in [6.45, 7) is 2.52. The van der Waals surface area contributed by atoms with Crippen LogP contribution in [0.25, 0.3) is 0 Å². The fraction of sp³-hybridized carbons (Fsp3) is 0.133. The fourth-order valence-electron chi connectivity index (χ4n) is 1.55. The van der Waals surface area contributed by atoms with Gasteiger partial charge < -0.3 is 0 Å². The minimum absolute atomic E-state index is 0.619. The van der Waals surface area contributed by atoms with E-state index in [2.05, 4.69) is 36.5 Å². The number of hydrogen-bond acceptors (Lipinski definition) is 3. The molecular weight excluding hydrogens is 315 g/mol. The van der Waals surface area contributed by atoms with Crippen LogP contribution < -0.4 is 5.43 Å². The number of aromatic nitrogens is 1. The van der Waals surface area contributed by atoms with Gasteiger partial charge in [0.25, 0.3) is 0 Å². The molecule has 1 radical (unpaired) electrons. The molecule has 4 nitrogen and oxygen atoms in total. The number of nitrogens with zero attached hydrogens (tertiary/aromatic N) is 3. The van der Waals surface area contributed by atoms with Gasteiger partial charge in [-0.05, 0) is 0 Å². The van der Waals surface area contributed by atoms with E-state index >= 15 is 0 Å². The maximum atomic E-state index is 4.38. The molecule has 0 bridgehead atoms. The minimum atomic E-state index is 0.619. The molecule has 101 valence electrons. The third-order valence-corrected chi connectivity index (χ3v) is 3.07. The standard InChI is InChI=1S/C15H15N4Se/c1-12(14-9-5-6-10-16-14)18-19-15(20)17-11-13-7-3-2-4-8-13/h2-10H,11H2,1H3,(H,17,19). The summed E-state index contributed by atoms with van der Waals surface area (Å²) in [6.07, 6.45) is 1.75. The van der Waals surface area contributed by atoms with Gasteiger partial charge in [0.2, 0.25) is 0 Å². The summed E-state index contributed by atoms with van der Waals surface area (Å²) in [6, 6.07) is 15.8. The first kappa shape index (κ1) is 14.4. The Labute approximate surface area is 126 Å². The zero-order valence-corrected chi connectivity index (χ0v) is 12.9. The van der Waals surface area contributed by atoms with Crippen LogP contribution in [0.5, 0.6) is 0 Å². The van der Waals surface area contributed by atoms with E-state index in [9.17, 15) is 0 Å². The molecular formula is C15H15N4Se. The summed E-state index contributed by atoms with van der Waals surface area (Å²) in [5.41, 5.74) is 5.71. The van der Waals surface area contributed by atoms with Crippen LogP contribution in [0, 0.1) is 0 Å². The van der Waals surface area contributed by atoms with Gasteiger partial charge in [-0.1, -0.05) is 0 Å². The van der Waals surface area contributed by atoms with Crippen molar-refractivity contribution in [3.63, 3.8) is 0 Å². The van der Waals surface area contributed by atoms with Gasteiger partial charge in [0.05, 0.1) is 0 Å². The van der Waals surface area contributed by atoms with Crippen molar-refractivity contribution in [3.05, 3.63) is 66.0 Å². The molecule has 0 fully saturated rings. The van der Waals surface area contributed by atoms with Gasteiger partial charge in [0.1, 0.15) is 0 Å². The van der Waals surface area contributed by atoms with E-state index in [0.29, 0.717) is 11.3 Å². The summed E-state index contributed by atoms with van der Waals surface area (Å²) in [5, 5.41) is 4.25. The second-order valence-electron chi connectivity index (χ2n) is 4.13. The number of hydrazone groups is 1. The predicted molar refractivity (Wildman–Crippen MR) is 82.9 cm³/mol. The van der Waals surface area contributed by atoms with Gasteiger partial charge in [0.15, 0.2) is 0 Å². The zero-order valence-electron chi connectivity index (χ0n) is 11.2. The summed E-state index contributed by atoms with van der Waals surface area (Å²) in [4.78, 5) is 8.61. The average molecular weight is 330 g/mol. The molecule has 1 aromatic heterocycles. The molecule has 0 spiro atoms. The number of amidine groups is 1. The first-order valence-corrected chi connectivity index (χ1v) is 7.08. The Hall–Kier alpha value is -1.97. The number of benzene rings is 1. The summed E-state index contributed by atoms with van der Waals surface area (Å²) in [5.74, 6) is 0. The van der Waals surface area contributed by atoms with Crippen LogP contribution in [-0.4, -0.2) is 31.4 Å². The zero-order chi connectivity index (χ0) is 14.2. The van der Waals surface area contributed by atoms with Gasteiger partial charge >= 0.3 is 126 Å². The van der Waals surface area contributed by atoms with Gasteiger partial charge in [-0.2, -0.15) is 0 Å². The van der Waals surface area contributed by atoms with Crippen LogP contribution in [0.2, 0.25) is 0 Å². The number of pyridine rings is 1. The summed E-state index contributed by atoms with van der Waals surface area (Å²) >= 11 is 2.87. The van der Waals surface area contributed by atoms with Gasteiger partial charge in [-0.15, -0.1) is 0 Å².